The van der Waals surface area contributed by atoms with E-state index >= 15 is 0 Å². The fraction of sp³-hybridized carbons (Fsp3) is 0.667. The van der Waals surface area contributed by atoms with E-state index < -0.39 is 12.0 Å². The minimum Gasteiger partial charge on any atom is -0.310 e. The fourth-order valence-electron chi connectivity index (χ4n) is 0.916. The summed E-state index contributed by atoms with van der Waals surface area (Å²) in [5.41, 5.74) is 0. The highest BCUT2D eigenvalue weighted by Gasteiger charge is 2.37. The summed E-state index contributed by atoms with van der Waals surface area (Å²) in [5.74, 6) is -0.610. The van der Waals surface area contributed by atoms with Gasteiger partial charge in [0.15, 0.2) is 0 Å². The summed E-state index contributed by atoms with van der Waals surface area (Å²) in [4.78, 5) is 0. The molecular formula is C6H8F3N3. The summed E-state index contributed by atoms with van der Waals surface area (Å²) >= 11 is 0. The van der Waals surface area contributed by atoms with Crippen molar-refractivity contribution in [3.63, 3.8) is 0 Å². The molecule has 0 radical (unpaired) electrons. The van der Waals surface area contributed by atoms with E-state index in [1.807, 2.05) is 0 Å². The molecule has 0 N–H and O–H groups in total. The number of rotatable bonds is 1. The lowest BCUT2D eigenvalue weighted by atomic mass is 10.4. The minimum absolute atomic E-state index is 0.335. The van der Waals surface area contributed by atoms with Crippen LogP contribution in [0.4, 0.5) is 13.2 Å². The van der Waals surface area contributed by atoms with Gasteiger partial charge in [0.05, 0.1) is 0 Å². The van der Waals surface area contributed by atoms with Gasteiger partial charge in [-0.1, -0.05) is 6.92 Å². The first-order chi connectivity index (χ1) is 5.46. The number of hydrogen-bond donors (Lipinski definition) is 0. The molecule has 0 aliphatic carbocycles. The second kappa shape index (κ2) is 2.76. The maximum Gasteiger partial charge on any atom is 0.451 e. The van der Waals surface area contributed by atoms with E-state index in [4.69, 9.17) is 0 Å². The van der Waals surface area contributed by atoms with Crippen LogP contribution < -0.4 is 0 Å². The van der Waals surface area contributed by atoms with Crippen LogP contribution in [0.2, 0.25) is 0 Å². The molecule has 6 heteroatoms. The van der Waals surface area contributed by atoms with Crippen molar-refractivity contribution in [1.29, 1.82) is 0 Å². The van der Waals surface area contributed by atoms with Gasteiger partial charge in [-0.05, 0) is 0 Å². The van der Waals surface area contributed by atoms with E-state index in [0.29, 0.717) is 12.2 Å². The normalized spacial score (nSPS) is 12.1. The van der Waals surface area contributed by atoms with Gasteiger partial charge in [-0.3, -0.25) is 0 Å². The standard InChI is InChI=1S/C6H8F3N3/c1-3-4-10-11-5(12(4)2)6(7,8)9/h3H2,1-2H3. The Kier molecular flexibility index (Phi) is 2.08. The molecule has 0 unspecified atom stereocenters. The average molecular weight is 179 g/mol. The lowest BCUT2D eigenvalue weighted by Crippen LogP contribution is -2.13. The molecule has 1 rings (SSSR count). The Hall–Kier alpha value is -1.07. The molecule has 1 heterocycles. The Morgan fingerprint density at radius 1 is 1.33 bits per heavy atom. The van der Waals surface area contributed by atoms with Crippen molar-refractivity contribution in [2.24, 2.45) is 7.05 Å². The summed E-state index contributed by atoms with van der Waals surface area (Å²) in [7, 11) is 1.31. The molecule has 1 aromatic rings. The predicted molar refractivity (Wildman–Crippen MR) is 35.4 cm³/mol. The summed E-state index contributed by atoms with van der Waals surface area (Å²) in [6.07, 6.45) is -3.96. The van der Waals surface area contributed by atoms with Gasteiger partial charge >= 0.3 is 6.18 Å². The van der Waals surface area contributed by atoms with Crippen LogP contribution in [0.1, 0.15) is 18.6 Å². The third kappa shape index (κ3) is 1.41. The molecule has 0 aliphatic heterocycles. The second-order valence-corrected chi connectivity index (χ2v) is 2.35. The minimum atomic E-state index is -4.41. The Bertz CT molecular complexity index is 276. The van der Waals surface area contributed by atoms with E-state index in [-0.39, 0.29) is 0 Å². The highest BCUT2D eigenvalue weighted by Crippen LogP contribution is 2.27. The zero-order valence-electron chi connectivity index (χ0n) is 6.68. The first-order valence-electron chi connectivity index (χ1n) is 3.42. The highest BCUT2D eigenvalue weighted by atomic mass is 19.4. The maximum atomic E-state index is 12.1. The zero-order chi connectivity index (χ0) is 9.35. The van der Waals surface area contributed by atoms with Crippen LogP contribution in [0, 0.1) is 0 Å². The van der Waals surface area contributed by atoms with Crippen LogP contribution in [0.3, 0.4) is 0 Å². The molecule has 0 amide bonds. The van der Waals surface area contributed by atoms with Crippen LogP contribution in [0.15, 0.2) is 0 Å². The van der Waals surface area contributed by atoms with E-state index in [0.717, 1.165) is 4.57 Å². The van der Waals surface area contributed by atoms with Crippen LogP contribution >= 0.6 is 0 Å². The summed E-state index contributed by atoms with van der Waals surface area (Å²) < 4.78 is 37.2. The van der Waals surface area contributed by atoms with Crippen LogP contribution in [0.25, 0.3) is 0 Å². The van der Waals surface area contributed by atoms with Crippen molar-refractivity contribution in [3.8, 4) is 0 Å². The summed E-state index contributed by atoms with van der Waals surface area (Å²) in [6.45, 7) is 1.73. The van der Waals surface area contributed by atoms with Crippen molar-refractivity contribution in [3.05, 3.63) is 11.6 Å². The lowest BCUT2D eigenvalue weighted by molar-refractivity contribution is -0.147. The van der Waals surface area contributed by atoms with Crippen molar-refractivity contribution in [1.82, 2.24) is 14.8 Å². The number of aryl methyl sites for hydroxylation is 1. The molecular weight excluding hydrogens is 171 g/mol. The van der Waals surface area contributed by atoms with Gasteiger partial charge in [-0.25, -0.2) is 0 Å². The number of nitrogens with zero attached hydrogens (tertiary/aromatic N) is 3. The Balaban J connectivity index is 3.11. The molecule has 0 fully saturated rings. The Morgan fingerprint density at radius 3 is 2.17 bits per heavy atom. The van der Waals surface area contributed by atoms with Gasteiger partial charge in [-0.15, -0.1) is 10.2 Å². The third-order valence-electron chi connectivity index (χ3n) is 1.53. The van der Waals surface area contributed by atoms with Crippen molar-refractivity contribution >= 4 is 0 Å². The number of aromatic nitrogens is 3. The second-order valence-electron chi connectivity index (χ2n) is 2.35. The Labute approximate surface area is 67.2 Å². The van der Waals surface area contributed by atoms with Crippen LogP contribution in [0.5, 0.6) is 0 Å². The fourth-order valence-corrected chi connectivity index (χ4v) is 0.916. The van der Waals surface area contributed by atoms with Crippen LogP contribution in [-0.4, -0.2) is 14.8 Å². The van der Waals surface area contributed by atoms with Gasteiger partial charge < -0.3 is 4.57 Å². The number of alkyl halides is 3. The molecule has 0 saturated heterocycles. The van der Waals surface area contributed by atoms with Gasteiger partial charge in [0.25, 0.3) is 0 Å². The number of hydrogen-bond acceptors (Lipinski definition) is 2. The zero-order valence-corrected chi connectivity index (χ0v) is 6.68. The van der Waals surface area contributed by atoms with E-state index in [1.54, 1.807) is 6.92 Å². The molecule has 12 heavy (non-hydrogen) atoms. The molecule has 0 saturated carbocycles. The van der Waals surface area contributed by atoms with E-state index in [2.05, 4.69) is 10.2 Å². The molecule has 0 spiro atoms. The van der Waals surface area contributed by atoms with Gasteiger partial charge in [0.2, 0.25) is 5.82 Å². The molecule has 0 bridgehead atoms. The van der Waals surface area contributed by atoms with Crippen molar-refractivity contribution in [2.75, 3.05) is 0 Å². The smallest absolute Gasteiger partial charge is 0.310 e. The molecule has 0 aliphatic rings. The SMILES string of the molecule is CCc1nnc(C(F)(F)F)n1C. The molecule has 3 nitrogen and oxygen atoms in total. The van der Waals surface area contributed by atoms with Crippen LogP contribution in [-0.2, 0) is 19.6 Å². The largest absolute Gasteiger partial charge is 0.451 e. The maximum absolute atomic E-state index is 12.1. The Morgan fingerprint density at radius 2 is 1.92 bits per heavy atom. The third-order valence-corrected chi connectivity index (χ3v) is 1.53. The van der Waals surface area contributed by atoms with Gasteiger partial charge in [0, 0.05) is 13.5 Å². The quantitative estimate of drug-likeness (QED) is 0.652. The topological polar surface area (TPSA) is 30.7 Å². The first-order valence-corrected chi connectivity index (χ1v) is 3.42. The van der Waals surface area contributed by atoms with Crippen molar-refractivity contribution < 1.29 is 13.2 Å². The predicted octanol–water partition coefficient (Wildman–Crippen LogP) is 1.40. The van der Waals surface area contributed by atoms with E-state index in [9.17, 15) is 13.2 Å². The molecule has 1 aromatic heterocycles. The van der Waals surface area contributed by atoms with Crippen molar-refractivity contribution in [2.45, 2.75) is 19.5 Å². The van der Waals surface area contributed by atoms with Gasteiger partial charge in [-0.2, -0.15) is 13.2 Å². The van der Waals surface area contributed by atoms with E-state index in [1.165, 1.54) is 7.05 Å². The molecule has 68 valence electrons. The molecule has 0 atom stereocenters. The number of halogens is 3. The van der Waals surface area contributed by atoms with Gasteiger partial charge in [0.1, 0.15) is 5.82 Å². The summed E-state index contributed by atoms with van der Waals surface area (Å²) in [6, 6.07) is 0. The molecule has 0 aromatic carbocycles. The summed E-state index contributed by atoms with van der Waals surface area (Å²) in [5, 5.41) is 6.44. The average Bonchev–Trinajstić information content (AvgIpc) is 2.29. The monoisotopic (exact) mass is 179 g/mol. The highest BCUT2D eigenvalue weighted by molar-refractivity contribution is 4.97. The first kappa shape index (κ1) is 9.02. The lowest BCUT2D eigenvalue weighted by Gasteiger charge is -2.04.